The molecular formula is C17H19N3O. The molecule has 2 aromatic rings. The number of nitrogens with two attached hydrogens (primary N) is 1. The predicted molar refractivity (Wildman–Crippen MR) is 85.4 cm³/mol. The van der Waals surface area contributed by atoms with Crippen molar-refractivity contribution in [3.63, 3.8) is 0 Å². The van der Waals surface area contributed by atoms with Crippen molar-refractivity contribution in [3.05, 3.63) is 60.2 Å². The van der Waals surface area contributed by atoms with Gasteiger partial charge in [-0.3, -0.25) is 4.79 Å². The maximum Gasteiger partial charge on any atom is 0.253 e. The lowest BCUT2D eigenvalue weighted by atomic mass is 10.1. The summed E-state index contributed by atoms with van der Waals surface area (Å²) >= 11 is 0. The number of piperazine rings is 1. The van der Waals surface area contributed by atoms with E-state index in [4.69, 9.17) is 5.73 Å². The van der Waals surface area contributed by atoms with Crippen LogP contribution in [0.5, 0.6) is 0 Å². The van der Waals surface area contributed by atoms with Gasteiger partial charge in [-0.15, -0.1) is 0 Å². The Balaban J connectivity index is 1.64. The third kappa shape index (κ3) is 2.99. The normalized spacial score (nSPS) is 15.0. The Morgan fingerprint density at radius 1 is 0.905 bits per heavy atom. The van der Waals surface area contributed by atoms with Crippen molar-refractivity contribution < 1.29 is 4.79 Å². The summed E-state index contributed by atoms with van der Waals surface area (Å²) in [4.78, 5) is 16.6. The fourth-order valence-electron chi connectivity index (χ4n) is 2.65. The molecule has 0 bridgehead atoms. The first-order valence-electron chi connectivity index (χ1n) is 7.19. The number of amides is 1. The largest absolute Gasteiger partial charge is 0.399 e. The Morgan fingerprint density at radius 2 is 1.62 bits per heavy atom. The molecule has 2 N–H and O–H groups in total. The van der Waals surface area contributed by atoms with E-state index < -0.39 is 0 Å². The van der Waals surface area contributed by atoms with Crippen LogP contribution in [-0.4, -0.2) is 37.0 Å². The topological polar surface area (TPSA) is 49.6 Å². The molecule has 0 aliphatic carbocycles. The van der Waals surface area contributed by atoms with Gasteiger partial charge in [0.25, 0.3) is 5.91 Å². The van der Waals surface area contributed by atoms with Crippen LogP contribution in [0.25, 0.3) is 0 Å². The zero-order chi connectivity index (χ0) is 14.7. The van der Waals surface area contributed by atoms with E-state index in [1.54, 1.807) is 0 Å². The Hall–Kier alpha value is -2.49. The van der Waals surface area contributed by atoms with E-state index in [0.717, 1.165) is 43.1 Å². The number of rotatable bonds is 2. The quantitative estimate of drug-likeness (QED) is 0.859. The first kappa shape index (κ1) is 13.5. The van der Waals surface area contributed by atoms with E-state index in [1.165, 1.54) is 0 Å². The standard InChI is InChI=1S/C17H19N3O/c18-15-7-4-8-16(13-15)19-9-11-20(12-10-19)17(21)14-5-2-1-3-6-14/h1-8,13H,9-12,18H2. The lowest BCUT2D eigenvalue weighted by Gasteiger charge is -2.36. The minimum Gasteiger partial charge on any atom is -0.399 e. The average Bonchev–Trinajstić information content (AvgIpc) is 2.55. The van der Waals surface area contributed by atoms with E-state index >= 15 is 0 Å². The molecule has 0 radical (unpaired) electrons. The fourth-order valence-corrected chi connectivity index (χ4v) is 2.65. The summed E-state index contributed by atoms with van der Waals surface area (Å²) in [7, 11) is 0. The summed E-state index contributed by atoms with van der Waals surface area (Å²) in [6.45, 7) is 3.15. The lowest BCUT2D eigenvalue weighted by Crippen LogP contribution is -2.48. The van der Waals surface area contributed by atoms with Crippen LogP contribution in [0.15, 0.2) is 54.6 Å². The Labute approximate surface area is 124 Å². The molecule has 0 unspecified atom stereocenters. The molecule has 1 saturated heterocycles. The first-order valence-corrected chi connectivity index (χ1v) is 7.19. The molecule has 3 rings (SSSR count). The zero-order valence-electron chi connectivity index (χ0n) is 11.9. The van der Waals surface area contributed by atoms with Crippen molar-refractivity contribution in [2.24, 2.45) is 0 Å². The Bertz CT molecular complexity index is 619. The van der Waals surface area contributed by atoms with Crippen molar-refractivity contribution in [3.8, 4) is 0 Å². The van der Waals surface area contributed by atoms with Crippen LogP contribution in [-0.2, 0) is 0 Å². The smallest absolute Gasteiger partial charge is 0.253 e. The predicted octanol–water partition coefficient (Wildman–Crippen LogP) is 2.23. The van der Waals surface area contributed by atoms with Crippen molar-refractivity contribution in [2.75, 3.05) is 36.8 Å². The highest BCUT2D eigenvalue weighted by atomic mass is 16.2. The van der Waals surface area contributed by atoms with Gasteiger partial charge in [0.2, 0.25) is 0 Å². The van der Waals surface area contributed by atoms with Gasteiger partial charge >= 0.3 is 0 Å². The van der Waals surface area contributed by atoms with Gasteiger partial charge in [-0.25, -0.2) is 0 Å². The van der Waals surface area contributed by atoms with Crippen LogP contribution in [0.4, 0.5) is 11.4 Å². The molecule has 1 amide bonds. The second-order valence-electron chi connectivity index (χ2n) is 5.24. The number of nitrogen functional groups attached to an aromatic ring is 1. The average molecular weight is 281 g/mol. The zero-order valence-corrected chi connectivity index (χ0v) is 11.9. The van der Waals surface area contributed by atoms with Crippen LogP contribution < -0.4 is 10.6 Å². The molecule has 0 aromatic heterocycles. The number of anilines is 2. The number of carbonyl (C=O) groups excluding carboxylic acids is 1. The fraction of sp³-hybridized carbons (Fsp3) is 0.235. The monoisotopic (exact) mass is 281 g/mol. The summed E-state index contributed by atoms with van der Waals surface area (Å²) < 4.78 is 0. The lowest BCUT2D eigenvalue weighted by molar-refractivity contribution is 0.0747. The van der Waals surface area contributed by atoms with Gasteiger partial charge in [0.1, 0.15) is 0 Å². The summed E-state index contributed by atoms with van der Waals surface area (Å²) in [6.07, 6.45) is 0. The third-order valence-corrected chi connectivity index (χ3v) is 3.82. The van der Waals surface area contributed by atoms with Crippen LogP contribution in [0.3, 0.4) is 0 Å². The van der Waals surface area contributed by atoms with E-state index in [-0.39, 0.29) is 5.91 Å². The molecule has 0 spiro atoms. The highest BCUT2D eigenvalue weighted by Crippen LogP contribution is 2.19. The molecule has 2 aromatic carbocycles. The van der Waals surface area contributed by atoms with E-state index in [2.05, 4.69) is 11.0 Å². The SMILES string of the molecule is Nc1cccc(N2CCN(C(=O)c3ccccc3)CC2)c1. The van der Waals surface area contributed by atoms with Gasteiger partial charge in [0.15, 0.2) is 0 Å². The highest BCUT2D eigenvalue weighted by molar-refractivity contribution is 5.94. The van der Waals surface area contributed by atoms with Crippen LogP contribution in [0, 0.1) is 0 Å². The molecule has 1 fully saturated rings. The number of benzene rings is 2. The van der Waals surface area contributed by atoms with Gasteiger partial charge in [-0.1, -0.05) is 24.3 Å². The first-order chi connectivity index (χ1) is 10.2. The summed E-state index contributed by atoms with van der Waals surface area (Å²) in [5, 5.41) is 0. The second kappa shape index (κ2) is 5.87. The van der Waals surface area contributed by atoms with Crippen molar-refractivity contribution in [1.82, 2.24) is 4.90 Å². The summed E-state index contributed by atoms with van der Waals surface area (Å²) in [5.41, 5.74) is 8.48. The van der Waals surface area contributed by atoms with Gasteiger partial charge in [0, 0.05) is 43.1 Å². The maximum absolute atomic E-state index is 12.4. The molecule has 4 heteroatoms. The van der Waals surface area contributed by atoms with Crippen molar-refractivity contribution in [2.45, 2.75) is 0 Å². The molecule has 1 heterocycles. The molecule has 0 atom stereocenters. The number of hydrogen-bond donors (Lipinski definition) is 1. The van der Waals surface area contributed by atoms with Crippen LogP contribution in [0.2, 0.25) is 0 Å². The summed E-state index contributed by atoms with van der Waals surface area (Å²) in [5.74, 6) is 0.114. The van der Waals surface area contributed by atoms with Gasteiger partial charge < -0.3 is 15.5 Å². The molecule has 1 aliphatic rings. The molecular weight excluding hydrogens is 262 g/mol. The maximum atomic E-state index is 12.4. The minimum atomic E-state index is 0.114. The molecule has 108 valence electrons. The van der Waals surface area contributed by atoms with Gasteiger partial charge in [-0.2, -0.15) is 0 Å². The van der Waals surface area contributed by atoms with Crippen LogP contribution >= 0.6 is 0 Å². The molecule has 4 nitrogen and oxygen atoms in total. The minimum absolute atomic E-state index is 0.114. The van der Waals surface area contributed by atoms with Gasteiger partial charge in [0.05, 0.1) is 0 Å². The van der Waals surface area contributed by atoms with E-state index in [1.807, 2.05) is 53.4 Å². The van der Waals surface area contributed by atoms with Crippen LogP contribution in [0.1, 0.15) is 10.4 Å². The Morgan fingerprint density at radius 3 is 2.29 bits per heavy atom. The highest BCUT2D eigenvalue weighted by Gasteiger charge is 2.22. The number of carbonyl (C=O) groups is 1. The van der Waals surface area contributed by atoms with E-state index in [9.17, 15) is 4.79 Å². The second-order valence-corrected chi connectivity index (χ2v) is 5.24. The third-order valence-electron chi connectivity index (χ3n) is 3.82. The Kier molecular flexibility index (Phi) is 3.77. The number of hydrogen-bond acceptors (Lipinski definition) is 3. The number of nitrogens with zero attached hydrogens (tertiary/aromatic N) is 2. The summed E-state index contributed by atoms with van der Waals surface area (Å²) in [6, 6.07) is 17.4. The molecule has 21 heavy (non-hydrogen) atoms. The van der Waals surface area contributed by atoms with Gasteiger partial charge in [-0.05, 0) is 30.3 Å². The molecule has 1 aliphatic heterocycles. The van der Waals surface area contributed by atoms with Crippen molar-refractivity contribution >= 4 is 17.3 Å². The van der Waals surface area contributed by atoms with E-state index in [0.29, 0.717) is 0 Å². The van der Waals surface area contributed by atoms with Crippen molar-refractivity contribution in [1.29, 1.82) is 0 Å². The molecule has 0 saturated carbocycles.